The Bertz CT molecular complexity index is 627. The summed E-state index contributed by atoms with van der Waals surface area (Å²) in [6.07, 6.45) is 2.06. The van der Waals surface area contributed by atoms with Crippen molar-refractivity contribution in [2.45, 2.75) is 30.7 Å². The second kappa shape index (κ2) is 5.54. The Morgan fingerprint density at radius 3 is 2.67 bits per heavy atom. The molecule has 3 aliphatic heterocycles. The van der Waals surface area contributed by atoms with Gasteiger partial charge in [0.2, 0.25) is 10.0 Å². The van der Waals surface area contributed by atoms with Crippen molar-refractivity contribution < 1.29 is 8.42 Å². The number of hydrogen-bond donors (Lipinski definition) is 0. The van der Waals surface area contributed by atoms with Crippen LogP contribution in [0.15, 0.2) is 23.1 Å². The summed E-state index contributed by atoms with van der Waals surface area (Å²) in [4.78, 5) is 2.53. The molecule has 4 nitrogen and oxygen atoms in total. The summed E-state index contributed by atoms with van der Waals surface area (Å²) in [7, 11) is -1.45. The number of fused-ring (bicyclic) bond motifs is 4. The maximum Gasteiger partial charge on any atom is 0.245 e. The molecule has 1 aromatic carbocycles. The molecule has 0 aliphatic carbocycles. The van der Waals surface area contributed by atoms with Gasteiger partial charge in [-0.05, 0) is 44.4 Å². The van der Waals surface area contributed by atoms with Crippen molar-refractivity contribution in [3.63, 3.8) is 0 Å². The third-order valence-corrected chi connectivity index (χ3v) is 7.13. The van der Waals surface area contributed by atoms with Gasteiger partial charge in [-0.1, -0.05) is 23.7 Å². The molecule has 0 radical (unpaired) electrons. The van der Waals surface area contributed by atoms with Crippen molar-refractivity contribution >= 4 is 21.6 Å². The van der Waals surface area contributed by atoms with Crippen molar-refractivity contribution in [3.8, 4) is 0 Å². The number of nitrogens with zero attached hydrogens (tertiary/aromatic N) is 2. The van der Waals surface area contributed by atoms with Crippen LogP contribution in [-0.2, 0) is 10.0 Å². The maximum absolute atomic E-state index is 13.1. The van der Waals surface area contributed by atoms with Gasteiger partial charge in [0.15, 0.2) is 0 Å². The van der Waals surface area contributed by atoms with Gasteiger partial charge in [0.25, 0.3) is 0 Å². The van der Waals surface area contributed by atoms with Crippen LogP contribution >= 0.6 is 11.6 Å². The summed E-state index contributed by atoms with van der Waals surface area (Å²) in [5.74, 6) is 0.423. The average Bonchev–Trinajstić information content (AvgIpc) is 2.66. The Balaban J connectivity index is 2.03. The van der Waals surface area contributed by atoms with E-state index in [1.165, 1.54) is 0 Å². The highest BCUT2D eigenvalue weighted by Gasteiger charge is 2.41. The number of rotatable bonds is 2. The lowest BCUT2D eigenvalue weighted by Gasteiger charge is -2.35. The molecule has 4 rings (SSSR count). The molecule has 2 bridgehead atoms. The minimum atomic E-state index is -3.53. The third-order valence-electron chi connectivity index (χ3n) is 4.58. The van der Waals surface area contributed by atoms with Crippen molar-refractivity contribution in [1.82, 2.24) is 9.21 Å². The van der Waals surface area contributed by atoms with Crippen LogP contribution < -0.4 is 0 Å². The summed E-state index contributed by atoms with van der Waals surface area (Å²) in [6.45, 7) is 4.20. The van der Waals surface area contributed by atoms with E-state index in [1.54, 1.807) is 29.4 Å². The Labute approximate surface area is 131 Å². The molecule has 3 saturated heterocycles. The molecule has 1 aromatic rings. The van der Waals surface area contributed by atoms with Gasteiger partial charge in [0.1, 0.15) is 4.90 Å². The highest BCUT2D eigenvalue weighted by atomic mass is 35.5. The fraction of sp³-hybridized carbons (Fsp3) is 0.600. The molecular formula is C15H21ClN2O2S. The molecule has 116 valence electrons. The van der Waals surface area contributed by atoms with Gasteiger partial charge in [0, 0.05) is 25.7 Å². The minimum absolute atomic E-state index is 0.0643. The molecule has 0 unspecified atom stereocenters. The van der Waals surface area contributed by atoms with E-state index in [-0.39, 0.29) is 10.9 Å². The normalized spacial score (nSPS) is 27.8. The summed E-state index contributed by atoms with van der Waals surface area (Å²) in [5, 5.41) is 0.323. The van der Waals surface area contributed by atoms with Crippen LogP contribution in [0.25, 0.3) is 0 Å². The number of piperidine rings is 1. The number of benzene rings is 1. The number of hydrogen-bond acceptors (Lipinski definition) is 3. The Morgan fingerprint density at radius 2 is 1.95 bits per heavy atom. The van der Waals surface area contributed by atoms with E-state index in [0.29, 0.717) is 17.5 Å². The first-order chi connectivity index (χ1) is 9.89. The van der Waals surface area contributed by atoms with Crippen LogP contribution in [0.3, 0.4) is 0 Å². The van der Waals surface area contributed by atoms with Crippen LogP contribution in [0.4, 0.5) is 0 Å². The number of halogens is 1. The minimum Gasteiger partial charge on any atom is -0.304 e. The van der Waals surface area contributed by atoms with Gasteiger partial charge in [-0.3, -0.25) is 0 Å². The summed E-state index contributed by atoms with van der Waals surface area (Å²) >= 11 is 6.19. The van der Waals surface area contributed by atoms with Crippen molar-refractivity contribution in [3.05, 3.63) is 28.8 Å². The monoisotopic (exact) mass is 328 g/mol. The molecular weight excluding hydrogens is 308 g/mol. The molecule has 0 saturated carbocycles. The molecule has 0 N–H and O–H groups in total. The number of likely N-dealkylation sites (N-methyl/N-ethyl adjacent to an activating group) is 1. The maximum atomic E-state index is 13.1. The lowest BCUT2D eigenvalue weighted by Crippen LogP contribution is -2.47. The SMILES string of the molecule is Cc1cccc(Cl)c1S(=O)(=O)N1C[C@@H]2CC[C@H]1CN(C)C2. The molecule has 3 heterocycles. The summed E-state index contributed by atoms with van der Waals surface area (Å²) < 4.78 is 27.9. The Hall–Kier alpha value is -0.620. The second-order valence-electron chi connectivity index (χ2n) is 6.28. The molecule has 2 atom stereocenters. The number of sulfonamides is 1. The van der Waals surface area contributed by atoms with Crippen molar-refractivity contribution in [1.29, 1.82) is 0 Å². The van der Waals surface area contributed by atoms with E-state index in [4.69, 9.17) is 11.6 Å². The van der Waals surface area contributed by atoms with Gasteiger partial charge in [0.05, 0.1) is 5.02 Å². The fourth-order valence-electron chi connectivity index (χ4n) is 3.63. The van der Waals surface area contributed by atoms with Crippen LogP contribution in [0, 0.1) is 12.8 Å². The van der Waals surface area contributed by atoms with E-state index < -0.39 is 10.0 Å². The molecule has 3 fully saturated rings. The smallest absolute Gasteiger partial charge is 0.245 e. The lowest BCUT2D eigenvalue weighted by atomic mass is 9.97. The van der Waals surface area contributed by atoms with E-state index in [1.807, 2.05) is 0 Å². The standard InChI is InChI=1S/C15H21ClN2O2S/c1-11-4-3-5-14(16)15(11)21(19,20)18-9-12-6-7-13(18)10-17(2)8-12/h3-5,12-13H,6-10H2,1-2H3/t12-,13+/m1/s1. The number of aryl methyl sites for hydroxylation is 1. The van der Waals surface area contributed by atoms with Crippen LogP contribution in [0.5, 0.6) is 0 Å². The van der Waals surface area contributed by atoms with E-state index in [9.17, 15) is 8.42 Å². The predicted octanol–water partition coefficient (Wildman–Crippen LogP) is 2.36. The van der Waals surface area contributed by atoms with Crippen molar-refractivity contribution in [2.75, 3.05) is 26.7 Å². The zero-order valence-corrected chi connectivity index (χ0v) is 14.0. The van der Waals surface area contributed by atoms with Gasteiger partial charge in [-0.2, -0.15) is 4.31 Å². The first-order valence-electron chi connectivity index (χ1n) is 7.35. The Morgan fingerprint density at radius 1 is 1.19 bits per heavy atom. The highest BCUT2D eigenvalue weighted by molar-refractivity contribution is 7.89. The summed E-state index contributed by atoms with van der Waals surface area (Å²) in [5.41, 5.74) is 0.718. The molecule has 0 amide bonds. The molecule has 6 heteroatoms. The molecule has 0 spiro atoms. The zero-order valence-electron chi connectivity index (χ0n) is 12.4. The first kappa shape index (κ1) is 15.3. The lowest BCUT2D eigenvalue weighted by molar-refractivity contribution is 0.229. The fourth-order valence-corrected chi connectivity index (χ4v) is 6.14. The largest absolute Gasteiger partial charge is 0.304 e. The van der Waals surface area contributed by atoms with E-state index in [2.05, 4.69) is 11.9 Å². The van der Waals surface area contributed by atoms with Gasteiger partial charge in [-0.15, -0.1) is 0 Å². The topological polar surface area (TPSA) is 40.6 Å². The average molecular weight is 329 g/mol. The van der Waals surface area contributed by atoms with E-state index in [0.717, 1.165) is 31.5 Å². The van der Waals surface area contributed by atoms with Gasteiger partial charge < -0.3 is 4.90 Å². The van der Waals surface area contributed by atoms with Crippen LogP contribution in [0.1, 0.15) is 18.4 Å². The van der Waals surface area contributed by atoms with E-state index >= 15 is 0 Å². The summed E-state index contributed by atoms with van der Waals surface area (Å²) in [6, 6.07) is 5.32. The predicted molar refractivity (Wildman–Crippen MR) is 84.1 cm³/mol. The van der Waals surface area contributed by atoms with Crippen molar-refractivity contribution in [2.24, 2.45) is 5.92 Å². The Kier molecular flexibility index (Phi) is 4.03. The highest BCUT2D eigenvalue weighted by Crippen LogP contribution is 2.35. The molecule has 3 aliphatic rings. The van der Waals surface area contributed by atoms with Gasteiger partial charge in [-0.25, -0.2) is 8.42 Å². The van der Waals surface area contributed by atoms with Crippen LogP contribution in [0.2, 0.25) is 5.02 Å². The quantitative estimate of drug-likeness (QED) is 0.837. The van der Waals surface area contributed by atoms with Crippen LogP contribution in [-0.4, -0.2) is 50.3 Å². The first-order valence-corrected chi connectivity index (χ1v) is 9.17. The third kappa shape index (κ3) is 2.72. The molecule has 21 heavy (non-hydrogen) atoms. The van der Waals surface area contributed by atoms with Gasteiger partial charge >= 0.3 is 0 Å². The second-order valence-corrected chi connectivity index (χ2v) is 8.51. The zero-order chi connectivity index (χ0) is 15.2. The molecule has 0 aromatic heterocycles.